The lowest BCUT2D eigenvalue weighted by Gasteiger charge is -2.09. The monoisotopic (exact) mass is 400 g/mol. The van der Waals surface area contributed by atoms with Crippen LogP contribution in [0.25, 0.3) is 10.2 Å². The van der Waals surface area contributed by atoms with Crippen LogP contribution in [0.4, 0.5) is 0 Å². The minimum absolute atomic E-state index is 0.0994. The summed E-state index contributed by atoms with van der Waals surface area (Å²) in [5.74, 6) is -0.0827. The molecule has 0 radical (unpaired) electrons. The molecule has 3 rings (SSSR count). The summed E-state index contributed by atoms with van der Waals surface area (Å²) in [5, 5.41) is 3.61. The van der Waals surface area contributed by atoms with Gasteiger partial charge in [0.15, 0.2) is 12.4 Å². The molecule has 0 saturated carbocycles. The topological polar surface area (TPSA) is 69.2 Å². The first kappa shape index (κ1) is 19.5. The summed E-state index contributed by atoms with van der Waals surface area (Å²) in [4.78, 5) is 33.5. The fourth-order valence-electron chi connectivity index (χ4n) is 2.51. The van der Waals surface area contributed by atoms with Gasteiger partial charge in [0.25, 0.3) is 0 Å². The molecule has 0 aliphatic heterocycles. The first-order valence-electron chi connectivity index (χ1n) is 8.68. The van der Waals surface area contributed by atoms with Crippen LogP contribution in [0.2, 0.25) is 0 Å². The Kier molecular flexibility index (Phi) is 6.58. The second kappa shape index (κ2) is 9.10. The molecule has 0 unspecified atom stereocenters. The third-order valence-electron chi connectivity index (χ3n) is 4.33. The molecule has 5 nitrogen and oxygen atoms in total. The molecule has 2 aromatic heterocycles. The second-order valence-electron chi connectivity index (χ2n) is 6.12. The molecular weight excluding hydrogens is 380 g/mol. The van der Waals surface area contributed by atoms with E-state index in [0.717, 1.165) is 21.7 Å². The van der Waals surface area contributed by atoms with Crippen LogP contribution in [0, 0.1) is 0 Å². The van der Waals surface area contributed by atoms with E-state index in [0.29, 0.717) is 11.5 Å². The van der Waals surface area contributed by atoms with Crippen LogP contribution in [-0.4, -0.2) is 34.1 Å². The summed E-state index contributed by atoms with van der Waals surface area (Å²) < 4.78 is 5.12. The standard InChI is InChI=1S/C20H20N2O3S2/c1-3-13(2)14-4-6-15(7-5-14)17(23)10-25-18(24)11-27-20-16-8-9-26-19(16)21-12-22-20/h4-9,12-13H,3,10-11H2,1-2H3/t13-/m0/s1. The van der Waals surface area contributed by atoms with Gasteiger partial charge in [0.05, 0.1) is 5.75 Å². The van der Waals surface area contributed by atoms with Gasteiger partial charge in [-0.2, -0.15) is 0 Å². The molecule has 0 bridgehead atoms. The summed E-state index contributed by atoms with van der Waals surface area (Å²) in [7, 11) is 0. The molecular formula is C20H20N2O3S2. The zero-order valence-corrected chi connectivity index (χ0v) is 16.8. The van der Waals surface area contributed by atoms with E-state index >= 15 is 0 Å². The molecule has 27 heavy (non-hydrogen) atoms. The van der Waals surface area contributed by atoms with Gasteiger partial charge in [-0.05, 0) is 29.3 Å². The van der Waals surface area contributed by atoms with Gasteiger partial charge < -0.3 is 4.74 Å². The number of rotatable bonds is 8. The van der Waals surface area contributed by atoms with Crippen LogP contribution in [0.15, 0.2) is 47.1 Å². The van der Waals surface area contributed by atoms with Crippen LogP contribution in [0.5, 0.6) is 0 Å². The Labute approximate surface area is 166 Å². The summed E-state index contributed by atoms with van der Waals surface area (Å²) in [6, 6.07) is 9.43. The van der Waals surface area contributed by atoms with Gasteiger partial charge in [-0.3, -0.25) is 9.59 Å². The van der Waals surface area contributed by atoms with Gasteiger partial charge in [-0.15, -0.1) is 11.3 Å². The lowest BCUT2D eigenvalue weighted by molar-refractivity contribution is -0.139. The number of esters is 1. The molecule has 0 saturated heterocycles. The maximum absolute atomic E-state index is 12.2. The van der Waals surface area contributed by atoms with Gasteiger partial charge in [0.2, 0.25) is 0 Å². The summed E-state index contributed by atoms with van der Waals surface area (Å²) in [5.41, 5.74) is 1.75. The summed E-state index contributed by atoms with van der Waals surface area (Å²) in [6.45, 7) is 4.03. The fourth-order valence-corrected chi connectivity index (χ4v) is 4.09. The SMILES string of the molecule is CC[C@H](C)c1ccc(C(=O)COC(=O)CSc2ncnc3sccc23)cc1. The highest BCUT2D eigenvalue weighted by atomic mass is 32.2. The van der Waals surface area contributed by atoms with Gasteiger partial charge >= 0.3 is 5.97 Å². The zero-order chi connectivity index (χ0) is 19.2. The molecule has 0 aliphatic rings. The Morgan fingerprint density at radius 3 is 2.70 bits per heavy atom. The normalized spacial score (nSPS) is 12.1. The van der Waals surface area contributed by atoms with Crippen LogP contribution in [0.3, 0.4) is 0 Å². The molecule has 7 heteroatoms. The summed E-state index contributed by atoms with van der Waals surface area (Å²) >= 11 is 2.81. The van der Waals surface area contributed by atoms with Crippen LogP contribution in [-0.2, 0) is 9.53 Å². The number of nitrogens with zero attached hydrogens (tertiary/aromatic N) is 2. The second-order valence-corrected chi connectivity index (χ2v) is 7.98. The Morgan fingerprint density at radius 2 is 1.96 bits per heavy atom. The molecule has 0 N–H and O–H groups in total. The Balaban J connectivity index is 1.50. The first-order valence-corrected chi connectivity index (χ1v) is 10.5. The molecule has 0 amide bonds. The lowest BCUT2D eigenvalue weighted by Crippen LogP contribution is -2.15. The predicted molar refractivity (Wildman–Crippen MR) is 109 cm³/mol. The predicted octanol–water partition coefficient (Wildman–Crippen LogP) is 4.72. The number of carbonyl (C=O) groups is 2. The highest BCUT2D eigenvalue weighted by Crippen LogP contribution is 2.27. The number of aromatic nitrogens is 2. The van der Waals surface area contributed by atoms with Gasteiger partial charge in [0, 0.05) is 10.9 Å². The lowest BCUT2D eigenvalue weighted by atomic mass is 9.97. The Bertz CT molecular complexity index is 938. The minimum Gasteiger partial charge on any atom is -0.457 e. The molecule has 3 aromatic rings. The average molecular weight is 401 g/mol. The van der Waals surface area contributed by atoms with Crippen molar-refractivity contribution in [3.05, 3.63) is 53.2 Å². The van der Waals surface area contributed by atoms with Crippen molar-refractivity contribution < 1.29 is 14.3 Å². The molecule has 1 aromatic carbocycles. The maximum Gasteiger partial charge on any atom is 0.316 e. The fraction of sp³-hybridized carbons (Fsp3) is 0.300. The summed E-state index contributed by atoms with van der Waals surface area (Å²) in [6.07, 6.45) is 2.53. The van der Waals surface area contributed by atoms with Crippen molar-refractivity contribution >= 4 is 45.1 Å². The van der Waals surface area contributed by atoms with E-state index in [9.17, 15) is 9.59 Å². The van der Waals surface area contributed by atoms with Crippen molar-refractivity contribution in [1.82, 2.24) is 9.97 Å². The third-order valence-corrected chi connectivity index (χ3v) is 6.13. The number of hydrogen-bond acceptors (Lipinski definition) is 7. The number of fused-ring (bicyclic) bond motifs is 1. The van der Waals surface area contributed by atoms with E-state index < -0.39 is 5.97 Å². The Morgan fingerprint density at radius 1 is 1.19 bits per heavy atom. The zero-order valence-electron chi connectivity index (χ0n) is 15.2. The van der Waals surface area contributed by atoms with E-state index in [2.05, 4.69) is 23.8 Å². The van der Waals surface area contributed by atoms with E-state index in [-0.39, 0.29) is 18.1 Å². The number of ketones is 1. The first-order chi connectivity index (χ1) is 13.1. The van der Waals surface area contributed by atoms with E-state index in [1.54, 1.807) is 12.1 Å². The number of Topliss-reactive ketones (excluding diaryl/α,β-unsaturated/α-hetero) is 1. The highest BCUT2D eigenvalue weighted by molar-refractivity contribution is 8.00. The minimum atomic E-state index is -0.438. The molecule has 2 heterocycles. The number of thiophene rings is 1. The number of ether oxygens (including phenoxy) is 1. The van der Waals surface area contributed by atoms with Crippen LogP contribution >= 0.6 is 23.1 Å². The number of carbonyl (C=O) groups excluding carboxylic acids is 2. The van der Waals surface area contributed by atoms with E-state index in [1.165, 1.54) is 35.0 Å². The van der Waals surface area contributed by atoms with Gasteiger partial charge in [-0.25, -0.2) is 9.97 Å². The van der Waals surface area contributed by atoms with Gasteiger partial charge in [0.1, 0.15) is 16.2 Å². The van der Waals surface area contributed by atoms with E-state index in [1.807, 2.05) is 23.6 Å². The number of hydrogen-bond donors (Lipinski definition) is 0. The van der Waals surface area contributed by atoms with Crippen molar-refractivity contribution in [1.29, 1.82) is 0 Å². The van der Waals surface area contributed by atoms with Crippen molar-refractivity contribution in [3.8, 4) is 0 Å². The highest BCUT2D eigenvalue weighted by Gasteiger charge is 2.13. The molecule has 1 atom stereocenters. The number of thioether (sulfide) groups is 1. The third kappa shape index (κ3) is 4.93. The number of benzene rings is 1. The van der Waals surface area contributed by atoms with Crippen molar-refractivity contribution in [2.75, 3.05) is 12.4 Å². The molecule has 140 valence electrons. The molecule has 0 aliphatic carbocycles. The molecule has 0 fully saturated rings. The maximum atomic E-state index is 12.2. The average Bonchev–Trinajstić information content (AvgIpc) is 3.19. The van der Waals surface area contributed by atoms with Crippen molar-refractivity contribution in [3.63, 3.8) is 0 Å². The largest absolute Gasteiger partial charge is 0.457 e. The smallest absolute Gasteiger partial charge is 0.316 e. The van der Waals surface area contributed by atoms with Gasteiger partial charge in [-0.1, -0.05) is 49.9 Å². The molecule has 0 spiro atoms. The van der Waals surface area contributed by atoms with E-state index in [4.69, 9.17) is 4.74 Å². The Hall–Kier alpha value is -2.25. The van der Waals surface area contributed by atoms with Crippen molar-refractivity contribution in [2.24, 2.45) is 0 Å². The van der Waals surface area contributed by atoms with Crippen LogP contribution in [0.1, 0.15) is 42.1 Å². The van der Waals surface area contributed by atoms with Crippen molar-refractivity contribution in [2.45, 2.75) is 31.2 Å². The van der Waals surface area contributed by atoms with Crippen LogP contribution < -0.4 is 0 Å². The quantitative estimate of drug-likeness (QED) is 0.236.